The Morgan fingerprint density at radius 1 is 1.25 bits per heavy atom. The van der Waals surface area contributed by atoms with Crippen molar-refractivity contribution in [2.75, 3.05) is 13.7 Å². The fourth-order valence-electron chi connectivity index (χ4n) is 2.01. The van der Waals surface area contributed by atoms with E-state index in [0.717, 1.165) is 24.3 Å². The van der Waals surface area contributed by atoms with Crippen molar-refractivity contribution in [3.63, 3.8) is 0 Å². The first-order valence-electron chi connectivity index (χ1n) is 7.21. The minimum absolute atomic E-state index is 0.0182. The highest BCUT2D eigenvalue weighted by Crippen LogP contribution is 2.32. The molecule has 0 aliphatic carbocycles. The van der Waals surface area contributed by atoms with Crippen LogP contribution in [0, 0.1) is 0 Å². The summed E-state index contributed by atoms with van der Waals surface area (Å²) in [7, 11) is 1.42. The van der Waals surface area contributed by atoms with Crippen LogP contribution in [-0.4, -0.2) is 19.7 Å². The standard InChI is InChI=1S/C17H26O3/c1-6-11-20-15-9-7-13(8-10-16(18)19-5)12-14(15)17(2,3)4/h7,9,12H,6,8,10-11H2,1-5H3. The number of benzene rings is 1. The minimum Gasteiger partial charge on any atom is -0.493 e. The normalized spacial score (nSPS) is 11.2. The van der Waals surface area contributed by atoms with E-state index in [1.165, 1.54) is 12.7 Å². The predicted octanol–water partition coefficient (Wildman–Crippen LogP) is 3.88. The third-order valence-corrected chi connectivity index (χ3v) is 3.16. The Bertz CT molecular complexity index is 444. The lowest BCUT2D eigenvalue weighted by atomic mass is 9.85. The van der Waals surface area contributed by atoms with E-state index in [0.29, 0.717) is 12.8 Å². The van der Waals surface area contributed by atoms with Crippen molar-refractivity contribution in [2.24, 2.45) is 0 Å². The Morgan fingerprint density at radius 3 is 2.50 bits per heavy atom. The van der Waals surface area contributed by atoms with Crippen LogP contribution in [0.1, 0.15) is 51.7 Å². The maximum Gasteiger partial charge on any atom is 0.305 e. The van der Waals surface area contributed by atoms with E-state index in [1.54, 1.807) is 0 Å². The number of aryl methyl sites for hydroxylation is 1. The lowest BCUT2D eigenvalue weighted by molar-refractivity contribution is -0.140. The van der Waals surface area contributed by atoms with Gasteiger partial charge >= 0.3 is 5.97 Å². The minimum atomic E-state index is -0.173. The van der Waals surface area contributed by atoms with Crippen LogP contribution >= 0.6 is 0 Å². The first-order valence-corrected chi connectivity index (χ1v) is 7.21. The number of ether oxygens (including phenoxy) is 2. The van der Waals surface area contributed by atoms with E-state index in [-0.39, 0.29) is 11.4 Å². The van der Waals surface area contributed by atoms with Crippen molar-refractivity contribution in [1.82, 2.24) is 0 Å². The van der Waals surface area contributed by atoms with Crippen LogP contribution in [0.25, 0.3) is 0 Å². The lowest BCUT2D eigenvalue weighted by Gasteiger charge is -2.23. The van der Waals surface area contributed by atoms with Crippen LogP contribution in [0.3, 0.4) is 0 Å². The SMILES string of the molecule is CCCOc1ccc(CCC(=O)OC)cc1C(C)(C)C. The maximum absolute atomic E-state index is 11.2. The van der Waals surface area contributed by atoms with Gasteiger partial charge in [0, 0.05) is 6.42 Å². The van der Waals surface area contributed by atoms with Gasteiger partial charge in [0.25, 0.3) is 0 Å². The molecule has 0 aromatic heterocycles. The summed E-state index contributed by atoms with van der Waals surface area (Å²) in [5.41, 5.74) is 2.35. The highest BCUT2D eigenvalue weighted by atomic mass is 16.5. The Morgan fingerprint density at radius 2 is 1.95 bits per heavy atom. The number of esters is 1. The smallest absolute Gasteiger partial charge is 0.305 e. The van der Waals surface area contributed by atoms with Crippen molar-refractivity contribution >= 4 is 5.97 Å². The van der Waals surface area contributed by atoms with Crippen LogP contribution in [0.5, 0.6) is 5.75 Å². The van der Waals surface area contributed by atoms with Gasteiger partial charge in [0.2, 0.25) is 0 Å². The predicted molar refractivity (Wildman–Crippen MR) is 81.3 cm³/mol. The molecule has 20 heavy (non-hydrogen) atoms. The first kappa shape index (κ1) is 16.5. The third kappa shape index (κ3) is 4.87. The van der Waals surface area contributed by atoms with E-state index >= 15 is 0 Å². The molecule has 0 aliphatic heterocycles. The molecule has 0 saturated carbocycles. The molecule has 112 valence electrons. The Hall–Kier alpha value is -1.51. The summed E-state index contributed by atoms with van der Waals surface area (Å²) in [6, 6.07) is 6.19. The molecular weight excluding hydrogens is 252 g/mol. The molecule has 0 spiro atoms. The van der Waals surface area contributed by atoms with E-state index in [1.807, 2.05) is 12.1 Å². The summed E-state index contributed by atoms with van der Waals surface area (Å²) in [5.74, 6) is 0.773. The summed E-state index contributed by atoms with van der Waals surface area (Å²) in [5, 5.41) is 0. The number of hydrogen-bond donors (Lipinski definition) is 0. The molecule has 3 heteroatoms. The summed E-state index contributed by atoms with van der Waals surface area (Å²) < 4.78 is 10.5. The van der Waals surface area contributed by atoms with Gasteiger partial charge in [-0.05, 0) is 35.4 Å². The fraction of sp³-hybridized carbons (Fsp3) is 0.588. The van der Waals surface area contributed by atoms with Crippen LogP contribution in [0.4, 0.5) is 0 Å². The van der Waals surface area contributed by atoms with Crippen molar-refractivity contribution in [3.8, 4) is 5.75 Å². The second-order valence-corrected chi connectivity index (χ2v) is 6.01. The van der Waals surface area contributed by atoms with Gasteiger partial charge in [-0.15, -0.1) is 0 Å². The quantitative estimate of drug-likeness (QED) is 0.741. The van der Waals surface area contributed by atoms with Crippen molar-refractivity contribution in [2.45, 2.75) is 52.4 Å². The molecule has 3 nitrogen and oxygen atoms in total. The molecule has 1 aromatic carbocycles. The Balaban J connectivity index is 2.93. The molecule has 1 rings (SSSR count). The van der Waals surface area contributed by atoms with E-state index in [9.17, 15) is 4.79 Å². The molecule has 0 N–H and O–H groups in total. The molecule has 0 bridgehead atoms. The Labute approximate surface area is 122 Å². The number of carbonyl (C=O) groups is 1. The second-order valence-electron chi connectivity index (χ2n) is 6.01. The zero-order chi connectivity index (χ0) is 15.2. The number of rotatable bonds is 6. The summed E-state index contributed by atoms with van der Waals surface area (Å²) in [4.78, 5) is 11.2. The molecule has 0 radical (unpaired) electrons. The van der Waals surface area contributed by atoms with Crippen LogP contribution in [0.2, 0.25) is 0 Å². The molecule has 0 unspecified atom stereocenters. The number of methoxy groups -OCH3 is 1. The number of carbonyl (C=O) groups excluding carboxylic acids is 1. The molecule has 1 aromatic rings. The van der Waals surface area contributed by atoms with Crippen molar-refractivity contribution in [1.29, 1.82) is 0 Å². The second kappa shape index (κ2) is 7.32. The van der Waals surface area contributed by atoms with Gasteiger partial charge in [0.1, 0.15) is 5.75 Å². The molecule has 0 fully saturated rings. The highest BCUT2D eigenvalue weighted by molar-refractivity contribution is 5.69. The maximum atomic E-state index is 11.2. The lowest BCUT2D eigenvalue weighted by Crippen LogP contribution is -2.14. The monoisotopic (exact) mass is 278 g/mol. The van der Waals surface area contributed by atoms with Gasteiger partial charge in [-0.2, -0.15) is 0 Å². The molecule has 0 saturated heterocycles. The van der Waals surface area contributed by atoms with Gasteiger partial charge in [-0.3, -0.25) is 4.79 Å². The fourth-order valence-corrected chi connectivity index (χ4v) is 2.01. The largest absolute Gasteiger partial charge is 0.493 e. The molecular formula is C17H26O3. The molecule has 0 amide bonds. The van der Waals surface area contributed by atoms with Gasteiger partial charge < -0.3 is 9.47 Å². The average molecular weight is 278 g/mol. The summed E-state index contributed by atoms with van der Waals surface area (Å²) >= 11 is 0. The van der Waals surface area contributed by atoms with Crippen LogP contribution in [0.15, 0.2) is 18.2 Å². The zero-order valence-corrected chi connectivity index (χ0v) is 13.3. The highest BCUT2D eigenvalue weighted by Gasteiger charge is 2.19. The molecule has 0 atom stereocenters. The third-order valence-electron chi connectivity index (χ3n) is 3.16. The molecule has 0 heterocycles. The first-order chi connectivity index (χ1) is 9.38. The van der Waals surface area contributed by atoms with Gasteiger partial charge in [0.15, 0.2) is 0 Å². The number of hydrogen-bond acceptors (Lipinski definition) is 3. The summed E-state index contributed by atoms with van der Waals surface area (Å²) in [6.45, 7) is 9.34. The molecule has 0 aliphatic rings. The van der Waals surface area contributed by atoms with E-state index in [2.05, 4.69) is 38.5 Å². The average Bonchev–Trinajstić information content (AvgIpc) is 2.41. The van der Waals surface area contributed by atoms with Gasteiger partial charge in [-0.25, -0.2) is 0 Å². The van der Waals surface area contributed by atoms with Gasteiger partial charge in [-0.1, -0.05) is 39.8 Å². The van der Waals surface area contributed by atoms with Gasteiger partial charge in [0.05, 0.1) is 13.7 Å². The Kier molecular flexibility index (Phi) is 6.05. The van der Waals surface area contributed by atoms with Crippen LogP contribution in [-0.2, 0) is 21.4 Å². The topological polar surface area (TPSA) is 35.5 Å². The van der Waals surface area contributed by atoms with E-state index < -0.39 is 0 Å². The van der Waals surface area contributed by atoms with Crippen molar-refractivity contribution < 1.29 is 14.3 Å². The van der Waals surface area contributed by atoms with Crippen molar-refractivity contribution in [3.05, 3.63) is 29.3 Å². The summed E-state index contributed by atoms with van der Waals surface area (Å²) in [6.07, 6.45) is 2.10. The van der Waals surface area contributed by atoms with E-state index in [4.69, 9.17) is 4.74 Å². The zero-order valence-electron chi connectivity index (χ0n) is 13.3. The van der Waals surface area contributed by atoms with Crippen LogP contribution < -0.4 is 4.74 Å².